The molecule has 9 nitrogen and oxygen atoms in total. The quantitative estimate of drug-likeness (QED) is 0.740. The van der Waals surface area contributed by atoms with Crippen molar-refractivity contribution < 1.29 is 19.1 Å². The Balaban J connectivity index is 2.78. The smallest absolute Gasteiger partial charge is 0.340 e. The zero-order chi connectivity index (χ0) is 21.4. The van der Waals surface area contributed by atoms with Gasteiger partial charge in [0.05, 0.1) is 14.2 Å². The average Bonchev–Trinajstić information content (AvgIpc) is 2.90. The fraction of sp³-hybridized carbons (Fsp3) is 0.579. The van der Waals surface area contributed by atoms with Crippen molar-refractivity contribution in [2.45, 2.75) is 52.6 Å². The van der Waals surface area contributed by atoms with E-state index in [0.717, 1.165) is 35.7 Å². The maximum absolute atomic E-state index is 12.6. The number of methoxy groups -OCH3 is 2. The van der Waals surface area contributed by atoms with E-state index in [9.17, 15) is 19.2 Å². The predicted molar refractivity (Wildman–Crippen MR) is 103 cm³/mol. The number of carbonyl (C=O) groups excluding carboxylic acids is 2. The van der Waals surface area contributed by atoms with Crippen molar-refractivity contribution in [1.82, 2.24) is 14.7 Å². The SMILES string of the molecule is COC(=O)C1=C(NC(C)(C)CC(C)(C)C)n2c(=O)ccc(=O)n2C1C(=O)OC. The molecule has 0 saturated carbocycles. The minimum atomic E-state index is -1.42. The third-order valence-corrected chi connectivity index (χ3v) is 4.26. The number of esters is 2. The molecule has 28 heavy (non-hydrogen) atoms. The molecule has 2 heterocycles. The first-order valence-electron chi connectivity index (χ1n) is 8.87. The van der Waals surface area contributed by atoms with Gasteiger partial charge in [-0.25, -0.2) is 14.3 Å². The largest absolute Gasteiger partial charge is 0.467 e. The molecule has 1 unspecified atom stereocenters. The van der Waals surface area contributed by atoms with E-state index in [1.54, 1.807) is 0 Å². The molecule has 0 saturated heterocycles. The maximum Gasteiger partial charge on any atom is 0.340 e. The Bertz CT molecular complexity index is 946. The van der Waals surface area contributed by atoms with Crippen LogP contribution in [0.5, 0.6) is 0 Å². The van der Waals surface area contributed by atoms with Crippen molar-refractivity contribution in [1.29, 1.82) is 0 Å². The van der Waals surface area contributed by atoms with Crippen molar-refractivity contribution >= 4 is 17.8 Å². The number of fused-ring (bicyclic) bond motifs is 1. The molecule has 1 aromatic heterocycles. The lowest BCUT2D eigenvalue weighted by atomic mass is 9.81. The molecule has 1 atom stereocenters. The van der Waals surface area contributed by atoms with Crippen molar-refractivity contribution in [3.05, 3.63) is 38.4 Å². The molecule has 1 N–H and O–H groups in total. The van der Waals surface area contributed by atoms with Crippen LogP contribution in [0.15, 0.2) is 27.3 Å². The highest BCUT2D eigenvalue weighted by atomic mass is 16.5. The zero-order valence-electron chi connectivity index (χ0n) is 17.3. The van der Waals surface area contributed by atoms with E-state index in [2.05, 4.69) is 26.1 Å². The number of hydrogen-bond donors (Lipinski definition) is 1. The normalized spacial score (nSPS) is 16.6. The molecule has 0 fully saturated rings. The van der Waals surface area contributed by atoms with Crippen molar-refractivity contribution in [2.75, 3.05) is 14.2 Å². The third kappa shape index (κ3) is 4.02. The zero-order valence-corrected chi connectivity index (χ0v) is 17.3. The van der Waals surface area contributed by atoms with Gasteiger partial charge in [0.1, 0.15) is 11.4 Å². The second-order valence-corrected chi connectivity index (χ2v) is 8.59. The summed E-state index contributed by atoms with van der Waals surface area (Å²) < 4.78 is 11.5. The number of carbonyl (C=O) groups is 2. The van der Waals surface area contributed by atoms with Crippen molar-refractivity contribution in [3.63, 3.8) is 0 Å². The summed E-state index contributed by atoms with van der Waals surface area (Å²) in [5, 5.41) is 3.18. The van der Waals surface area contributed by atoms with Crippen LogP contribution in [0, 0.1) is 5.41 Å². The summed E-state index contributed by atoms with van der Waals surface area (Å²) in [5.74, 6) is -1.65. The number of aromatic nitrogens is 2. The maximum atomic E-state index is 12.6. The van der Waals surface area contributed by atoms with Crippen LogP contribution >= 0.6 is 0 Å². The van der Waals surface area contributed by atoms with Gasteiger partial charge in [-0.2, -0.15) is 4.68 Å². The molecular formula is C19H27N3O6. The summed E-state index contributed by atoms with van der Waals surface area (Å²) in [5.41, 5.74) is -1.98. The molecule has 1 aliphatic rings. The van der Waals surface area contributed by atoms with Crippen LogP contribution in [0.25, 0.3) is 5.82 Å². The van der Waals surface area contributed by atoms with Gasteiger partial charge in [-0.05, 0) is 25.7 Å². The number of ether oxygens (including phenoxy) is 2. The van der Waals surface area contributed by atoms with E-state index in [4.69, 9.17) is 9.47 Å². The van der Waals surface area contributed by atoms with E-state index in [1.165, 1.54) is 0 Å². The summed E-state index contributed by atoms with van der Waals surface area (Å²) in [6, 6.07) is 0.713. The van der Waals surface area contributed by atoms with Crippen molar-refractivity contribution in [3.8, 4) is 0 Å². The molecule has 0 radical (unpaired) electrons. The molecular weight excluding hydrogens is 366 g/mol. The average molecular weight is 393 g/mol. The van der Waals surface area contributed by atoms with Crippen LogP contribution in [0.4, 0.5) is 0 Å². The van der Waals surface area contributed by atoms with Gasteiger partial charge in [-0.15, -0.1) is 0 Å². The van der Waals surface area contributed by atoms with E-state index in [-0.39, 0.29) is 16.8 Å². The predicted octanol–water partition coefficient (Wildman–Crippen LogP) is 0.884. The van der Waals surface area contributed by atoms with Crippen LogP contribution in [0.2, 0.25) is 0 Å². The van der Waals surface area contributed by atoms with Crippen LogP contribution in [0.3, 0.4) is 0 Å². The molecule has 1 aromatic rings. The minimum Gasteiger partial charge on any atom is -0.467 e. The monoisotopic (exact) mass is 393 g/mol. The Morgan fingerprint density at radius 1 is 1.04 bits per heavy atom. The highest BCUT2D eigenvalue weighted by molar-refractivity contribution is 6.02. The lowest BCUT2D eigenvalue weighted by Crippen LogP contribution is -2.45. The highest BCUT2D eigenvalue weighted by Gasteiger charge is 2.44. The molecule has 2 rings (SSSR count). The van der Waals surface area contributed by atoms with Gasteiger partial charge in [-0.1, -0.05) is 20.8 Å². The summed E-state index contributed by atoms with van der Waals surface area (Å²) in [4.78, 5) is 50.1. The number of hydrogen-bond acceptors (Lipinski definition) is 7. The molecule has 0 aliphatic carbocycles. The molecule has 154 valence electrons. The summed E-state index contributed by atoms with van der Waals surface area (Å²) in [6.45, 7) is 9.98. The number of rotatable bonds is 5. The lowest BCUT2D eigenvalue weighted by molar-refractivity contribution is -0.146. The number of nitrogens with one attached hydrogen (secondary N) is 1. The van der Waals surface area contributed by atoms with Gasteiger partial charge in [0.15, 0.2) is 6.04 Å². The lowest BCUT2D eigenvalue weighted by Gasteiger charge is -2.34. The second-order valence-electron chi connectivity index (χ2n) is 8.59. The van der Waals surface area contributed by atoms with Crippen LogP contribution in [-0.4, -0.2) is 41.1 Å². The van der Waals surface area contributed by atoms with Crippen LogP contribution in [-0.2, 0) is 19.1 Å². The van der Waals surface area contributed by atoms with Gasteiger partial charge in [-0.3, -0.25) is 9.59 Å². The molecule has 9 heteroatoms. The summed E-state index contributed by atoms with van der Waals surface area (Å²) in [6.07, 6.45) is 0.673. The summed E-state index contributed by atoms with van der Waals surface area (Å²) in [7, 11) is 2.30. The van der Waals surface area contributed by atoms with E-state index < -0.39 is 34.6 Å². The van der Waals surface area contributed by atoms with E-state index in [1.807, 2.05) is 13.8 Å². The molecule has 0 amide bonds. The Kier molecular flexibility index (Phi) is 5.59. The number of nitrogens with zero attached hydrogens (tertiary/aromatic N) is 2. The topological polar surface area (TPSA) is 109 Å². The summed E-state index contributed by atoms with van der Waals surface area (Å²) >= 11 is 0. The Morgan fingerprint density at radius 2 is 1.61 bits per heavy atom. The molecule has 0 bridgehead atoms. The first-order valence-corrected chi connectivity index (χ1v) is 8.87. The highest BCUT2D eigenvalue weighted by Crippen LogP contribution is 2.33. The van der Waals surface area contributed by atoms with Gasteiger partial charge in [0, 0.05) is 17.7 Å². The van der Waals surface area contributed by atoms with E-state index >= 15 is 0 Å². The second kappa shape index (κ2) is 7.29. The fourth-order valence-electron chi connectivity index (χ4n) is 3.78. The minimum absolute atomic E-state index is 0.0409. The van der Waals surface area contributed by atoms with Crippen LogP contribution in [0.1, 0.15) is 47.1 Å². The first kappa shape index (κ1) is 21.5. The third-order valence-electron chi connectivity index (χ3n) is 4.26. The Morgan fingerprint density at radius 3 is 2.11 bits per heavy atom. The molecule has 0 spiro atoms. The van der Waals surface area contributed by atoms with E-state index in [0.29, 0.717) is 6.42 Å². The molecule has 0 aromatic carbocycles. The van der Waals surface area contributed by atoms with Crippen LogP contribution < -0.4 is 16.4 Å². The standard InChI is InChI=1S/C19H27N3O6/c1-18(2,3)10-19(4,5)20-15-13(16(25)27-6)14(17(26)28-7)21-11(23)8-9-12(24)22(15)21/h8-9,14,20H,10H2,1-7H3. The van der Waals surface area contributed by atoms with Crippen molar-refractivity contribution in [2.24, 2.45) is 5.41 Å². The Hall–Kier alpha value is -2.84. The first-order chi connectivity index (χ1) is 12.8. The van der Waals surface area contributed by atoms with Gasteiger partial charge < -0.3 is 14.8 Å². The molecule has 1 aliphatic heterocycles. The van der Waals surface area contributed by atoms with Gasteiger partial charge >= 0.3 is 11.9 Å². The van der Waals surface area contributed by atoms with Gasteiger partial charge in [0.2, 0.25) is 0 Å². The van der Waals surface area contributed by atoms with Gasteiger partial charge in [0.25, 0.3) is 11.1 Å². The Labute approximate surface area is 162 Å². The fourth-order valence-corrected chi connectivity index (χ4v) is 3.78.